The first-order valence-electron chi connectivity index (χ1n) is 20.6. The van der Waals surface area contributed by atoms with Crippen LogP contribution in [0.1, 0.15) is 102 Å². The van der Waals surface area contributed by atoms with Crippen molar-refractivity contribution in [3.8, 4) is 22.3 Å². The number of nitrogens with one attached hydrogen (secondary N) is 4. The summed E-state index contributed by atoms with van der Waals surface area (Å²) in [6.45, 7) is 4.88. The predicted octanol–water partition coefficient (Wildman–Crippen LogP) is 7.14. The summed E-state index contributed by atoms with van der Waals surface area (Å²) in [4.78, 5) is 56.9. The van der Waals surface area contributed by atoms with Crippen LogP contribution in [-0.4, -0.2) is 65.2 Å². The van der Waals surface area contributed by atoms with Crippen molar-refractivity contribution in [2.75, 3.05) is 10.6 Å². The maximum atomic E-state index is 12.8. The molecule has 2 aliphatic carbocycles. The first kappa shape index (κ1) is 41.3. The lowest BCUT2D eigenvalue weighted by Crippen LogP contribution is -2.40. The highest BCUT2D eigenvalue weighted by Gasteiger charge is 2.30. The molecule has 14 nitrogen and oxygen atoms in total. The van der Waals surface area contributed by atoms with Crippen LogP contribution in [0.15, 0.2) is 36.9 Å². The van der Waals surface area contributed by atoms with E-state index in [1.54, 1.807) is 12.4 Å². The normalized spacial score (nSPS) is 21.3. The number of fused-ring (bicyclic) bond motifs is 2. The number of aryl methyl sites for hydroxylation is 2. The average molecular weight is 832 g/mol. The molecule has 2 aliphatic heterocycles. The Bertz CT molecular complexity index is 2000. The highest BCUT2D eigenvalue weighted by atomic mass is 35.5. The minimum atomic E-state index is -0.134. The molecule has 4 aliphatic rings. The maximum Gasteiger partial charge on any atom is 0.228 e. The van der Waals surface area contributed by atoms with Crippen LogP contribution in [0, 0.1) is 11.8 Å². The van der Waals surface area contributed by atoms with E-state index in [4.69, 9.17) is 23.2 Å². The molecule has 0 aromatic carbocycles. The van der Waals surface area contributed by atoms with Crippen LogP contribution < -0.4 is 21.3 Å². The third-order valence-corrected chi connectivity index (χ3v) is 12.3. The van der Waals surface area contributed by atoms with E-state index in [2.05, 4.69) is 41.4 Å². The molecule has 8 rings (SSSR count). The molecule has 0 unspecified atom stereocenters. The Hall–Kier alpha value is -4.82. The molecule has 0 bridgehead atoms. The number of hydrogen-bond acceptors (Lipinski definition) is 8. The van der Waals surface area contributed by atoms with Crippen molar-refractivity contribution in [2.45, 2.75) is 129 Å². The summed E-state index contributed by atoms with van der Waals surface area (Å²) in [7, 11) is 0. The first-order chi connectivity index (χ1) is 28.0. The van der Waals surface area contributed by atoms with Gasteiger partial charge in [-0.3, -0.25) is 28.5 Å². The summed E-state index contributed by atoms with van der Waals surface area (Å²) in [6.07, 6.45) is 20.0. The summed E-state index contributed by atoms with van der Waals surface area (Å²) in [5.41, 5.74) is 6.09. The number of aromatic nitrogens is 6. The van der Waals surface area contributed by atoms with Gasteiger partial charge in [0.15, 0.2) is 0 Å². The van der Waals surface area contributed by atoms with E-state index >= 15 is 0 Å². The van der Waals surface area contributed by atoms with E-state index < -0.39 is 0 Å². The van der Waals surface area contributed by atoms with E-state index in [9.17, 15) is 19.2 Å². The van der Waals surface area contributed by atoms with Crippen molar-refractivity contribution < 1.29 is 19.2 Å². The first-order valence-corrected chi connectivity index (χ1v) is 21.3. The smallest absolute Gasteiger partial charge is 0.228 e. The highest BCUT2D eigenvalue weighted by molar-refractivity contribution is 6.33. The number of carbonyl (C=O) groups is 4. The number of anilines is 2. The second-order valence-electron chi connectivity index (χ2n) is 16.0. The van der Waals surface area contributed by atoms with Gasteiger partial charge < -0.3 is 21.3 Å². The lowest BCUT2D eigenvalue weighted by molar-refractivity contribution is -0.123. The Balaban J connectivity index is 0.000000177. The molecule has 0 spiro atoms. The van der Waals surface area contributed by atoms with Gasteiger partial charge in [0.2, 0.25) is 23.6 Å². The Morgan fingerprint density at radius 1 is 0.586 bits per heavy atom. The van der Waals surface area contributed by atoms with Crippen molar-refractivity contribution in [2.24, 2.45) is 11.8 Å². The number of pyridine rings is 2. The fourth-order valence-corrected chi connectivity index (χ4v) is 9.28. The van der Waals surface area contributed by atoms with Crippen molar-refractivity contribution in [3.05, 3.63) is 58.4 Å². The Kier molecular flexibility index (Phi) is 13.4. The second kappa shape index (κ2) is 18.8. The van der Waals surface area contributed by atoms with Crippen LogP contribution in [0.4, 0.5) is 11.6 Å². The van der Waals surface area contributed by atoms with E-state index in [1.807, 2.05) is 33.9 Å². The van der Waals surface area contributed by atoms with Crippen molar-refractivity contribution in [1.29, 1.82) is 0 Å². The Labute approximate surface area is 348 Å². The van der Waals surface area contributed by atoms with Gasteiger partial charge in [-0.05, 0) is 89.2 Å². The van der Waals surface area contributed by atoms with Crippen LogP contribution in [0.5, 0.6) is 0 Å². The topological polar surface area (TPSA) is 178 Å². The van der Waals surface area contributed by atoms with Gasteiger partial charge in [-0.25, -0.2) is 9.97 Å². The van der Waals surface area contributed by atoms with Gasteiger partial charge in [0.1, 0.15) is 11.6 Å². The summed E-state index contributed by atoms with van der Waals surface area (Å²) < 4.78 is 4.08. The minimum absolute atomic E-state index is 0.0513. The molecular formula is C42H52Cl2N10O4. The van der Waals surface area contributed by atoms with Crippen molar-refractivity contribution >= 4 is 58.5 Å². The van der Waals surface area contributed by atoms with Crippen LogP contribution in [0.3, 0.4) is 0 Å². The number of amides is 4. The standard InChI is InChI=1S/2C21H26ClN5O2/c2*1-13(28)25-15-6-4-5-14(9-15)21(29)26-20-10-16(18(22)12-23-20)17-11-24-27-8-3-2-7-19(17)27/h2*10-12,14-15H,2-9H2,1H3,(H,25,28)(H,23,26,29)/t2*14-,15+/m10/s1. The molecule has 4 atom stereocenters. The molecule has 4 N–H and O–H groups in total. The van der Waals surface area contributed by atoms with Gasteiger partial charge in [0.25, 0.3) is 0 Å². The molecule has 2 saturated carbocycles. The zero-order valence-electron chi connectivity index (χ0n) is 33.2. The SMILES string of the molecule is CC(=O)N[C@@H]1CCC[C@H](C(=O)Nc2cc(-c3cnn4c3CCCC4)c(Cl)cn2)C1.CC(=O)N[C@H]1CCC[C@@H](C(=O)Nc2cc(-c3cnn4c3CCCC4)c(Cl)cn2)C1. The largest absolute Gasteiger partial charge is 0.354 e. The van der Waals surface area contributed by atoms with E-state index in [0.29, 0.717) is 34.5 Å². The van der Waals surface area contributed by atoms with Gasteiger partial charge in [0.05, 0.1) is 22.4 Å². The molecule has 308 valence electrons. The van der Waals surface area contributed by atoms with E-state index in [1.165, 1.54) is 25.2 Å². The van der Waals surface area contributed by atoms with Gasteiger partial charge in [-0.2, -0.15) is 10.2 Å². The molecule has 4 aromatic rings. The lowest BCUT2D eigenvalue weighted by Gasteiger charge is -2.28. The van der Waals surface area contributed by atoms with E-state index in [0.717, 1.165) is 112 Å². The Morgan fingerprint density at radius 2 is 1.02 bits per heavy atom. The molecule has 4 amide bonds. The molecule has 2 fully saturated rings. The zero-order valence-corrected chi connectivity index (χ0v) is 34.7. The van der Waals surface area contributed by atoms with Gasteiger partial charge >= 0.3 is 0 Å². The zero-order chi connectivity index (χ0) is 40.8. The monoisotopic (exact) mass is 830 g/mol. The summed E-state index contributed by atoms with van der Waals surface area (Å²) in [5.74, 6) is 0.499. The number of rotatable bonds is 8. The number of carbonyl (C=O) groups excluding carboxylic acids is 4. The maximum absolute atomic E-state index is 12.8. The van der Waals surface area contributed by atoms with Gasteiger partial charge in [0, 0.05) is 96.9 Å². The molecule has 4 aromatic heterocycles. The van der Waals surface area contributed by atoms with E-state index in [-0.39, 0.29) is 47.5 Å². The van der Waals surface area contributed by atoms with Crippen molar-refractivity contribution in [3.63, 3.8) is 0 Å². The molecule has 0 saturated heterocycles. The quantitative estimate of drug-likeness (QED) is 0.145. The Morgan fingerprint density at radius 3 is 1.43 bits per heavy atom. The van der Waals surface area contributed by atoms with Gasteiger partial charge in [-0.1, -0.05) is 36.0 Å². The van der Waals surface area contributed by atoms with Crippen molar-refractivity contribution in [1.82, 2.24) is 40.2 Å². The van der Waals surface area contributed by atoms with Crippen LogP contribution in [-0.2, 0) is 45.1 Å². The predicted molar refractivity (Wildman–Crippen MR) is 223 cm³/mol. The summed E-state index contributed by atoms with van der Waals surface area (Å²) in [6, 6.07) is 3.79. The van der Waals surface area contributed by atoms with Gasteiger partial charge in [-0.15, -0.1) is 0 Å². The number of hydrogen-bond donors (Lipinski definition) is 4. The van der Waals surface area contributed by atoms with Crippen LogP contribution >= 0.6 is 23.2 Å². The number of nitrogens with zero attached hydrogens (tertiary/aromatic N) is 6. The second-order valence-corrected chi connectivity index (χ2v) is 16.8. The molecular weight excluding hydrogens is 779 g/mol. The third-order valence-electron chi connectivity index (χ3n) is 11.7. The summed E-state index contributed by atoms with van der Waals surface area (Å²) in [5, 5.41) is 21.8. The third kappa shape index (κ3) is 10.1. The highest BCUT2D eigenvalue weighted by Crippen LogP contribution is 2.36. The fraction of sp³-hybridized carbons (Fsp3) is 0.524. The number of halogens is 2. The minimum Gasteiger partial charge on any atom is -0.354 e. The molecule has 16 heteroatoms. The average Bonchev–Trinajstić information content (AvgIpc) is 3.84. The van der Waals surface area contributed by atoms with Crippen LogP contribution in [0.25, 0.3) is 22.3 Å². The fourth-order valence-electron chi connectivity index (χ4n) is 8.87. The molecule has 58 heavy (non-hydrogen) atoms. The summed E-state index contributed by atoms with van der Waals surface area (Å²) >= 11 is 12.9. The lowest BCUT2D eigenvalue weighted by atomic mass is 9.85. The molecule has 6 heterocycles. The molecule has 0 radical (unpaired) electrons. The van der Waals surface area contributed by atoms with Crippen LogP contribution in [0.2, 0.25) is 10.0 Å².